The summed E-state index contributed by atoms with van der Waals surface area (Å²) in [6.07, 6.45) is 6.16. The Morgan fingerprint density at radius 2 is 1.52 bits per heavy atom. The summed E-state index contributed by atoms with van der Waals surface area (Å²) in [7, 11) is 0. The lowest BCUT2D eigenvalue weighted by Gasteiger charge is -2.07. The second-order valence-electron chi connectivity index (χ2n) is 5.91. The zero-order chi connectivity index (χ0) is 16.9. The number of rotatable bonds is 12. The SMILES string of the molecule is CC(C)OC(=O)C(=O)CCCCCCCCOc1ccccc1. The number of benzene rings is 1. The van der Waals surface area contributed by atoms with Crippen molar-refractivity contribution >= 4 is 11.8 Å². The highest BCUT2D eigenvalue weighted by atomic mass is 16.5. The van der Waals surface area contributed by atoms with Gasteiger partial charge in [-0.2, -0.15) is 0 Å². The Bertz CT molecular complexity index is 454. The van der Waals surface area contributed by atoms with Gasteiger partial charge in [0.2, 0.25) is 5.78 Å². The lowest BCUT2D eigenvalue weighted by atomic mass is 10.1. The fourth-order valence-corrected chi connectivity index (χ4v) is 2.18. The number of esters is 1. The molecule has 4 heteroatoms. The average molecular weight is 320 g/mol. The van der Waals surface area contributed by atoms with Gasteiger partial charge in [0.1, 0.15) is 5.75 Å². The molecule has 23 heavy (non-hydrogen) atoms. The molecule has 0 aliphatic heterocycles. The molecule has 1 aromatic rings. The van der Waals surface area contributed by atoms with E-state index >= 15 is 0 Å². The molecule has 0 radical (unpaired) electrons. The summed E-state index contributed by atoms with van der Waals surface area (Å²) in [6, 6.07) is 9.82. The van der Waals surface area contributed by atoms with Crippen molar-refractivity contribution in [2.75, 3.05) is 6.61 Å². The molecule has 1 aromatic carbocycles. The molecule has 0 unspecified atom stereocenters. The van der Waals surface area contributed by atoms with E-state index in [1.807, 2.05) is 30.3 Å². The molecule has 0 saturated heterocycles. The largest absolute Gasteiger partial charge is 0.494 e. The summed E-state index contributed by atoms with van der Waals surface area (Å²) >= 11 is 0. The molecule has 1 rings (SSSR count). The Morgan fingerprint density at radius 3 is 2.17 bits per heavy atom. The average Bonchev–Trinajstić information content (AvgIpc) is 2.53. The lowest BCUT2D eigenvalue weighted by molar-refractivity contribution is -0.156. The van der Waals surface area contributed by atoms with Gasteiger partial charge in [0.15, 0.2) is 0 Å². The number of para-hydroxylation sites is 1. The van der Waals surface area contributed by atoms with Gasteiger partial charge < -0.3 is 9.47 Å². The van der Waals surface area contributed by atoms with Crippen LogP contribution in [0, 0.1) is 0 Å². The van der Waals surface area contributed by atoms with E-state index < -0.39 is 11.8 Å². The highest BCUT2D eigenvalue weighted by molar-refractivity contribution is 6.33. The van der Waals surface area contributed by atoms with Crippen LogP contribution in [0.3, 0.4) is 0 Å². The van der Waals surface area contributed by atoms with Crippen molar-refractivity contribution in [1.82, 2.24) is 0 Å². The van der Waals surface area contributed by atoms with Crippen LogP contribution in [0.2, 0.25) is 0 Å². The number of hydrogen-bond donors (Lipinski definition) is 0. The van der Waals surface area contributed by atoms with Crippen molar-refractivity contribution in [1.29, 1.82) is 0 Å². The van der Waals surface area contributed by atoms with Gasteiger partial charge in [-0.1, -0.05) is 43.9 Å². The standard InChI is InChI=1S/C19H28O4/c1-16(2)23-19(21)18(20)14-10-5-3-4-6-11-15-22-17-12-8-7-9-13-17/h7-9,12-13,16H,3-6,10-11,14-15H2,1-2H3. The van der Waals surface area contributed by atoms with E-state index in [-0.39, 0.29) is 6.10 Å². The summed E-state index contributed by atoms with van der Waals surface area (Å²) in [5.41, 5.74) is 0. The molecule has 0 fully saturated rings. The molecule has 0 bridgehead atoms. The Labute approximate surface area is 139 Å². The van der Waals surface area contributed by atoms with Gasteiger partial charge in [0, 0.05) is 6.42 Å². The van der Waals surface area contributed by atoms with Crippen molar-refractivity contribution in [3.63, 3.8) is 0 Å². The Hall–Kier alpha value is -1.84. The van der Waals surface area contributed by atoms with Crippen LogP contribution < -0.4 is 4.74 Å². The van der Waals surface area contributed by atoms with Crippen LogP contribution >= 0.6 is 0 Å². The first kappa shape index (κ1) is 19.2. The van der Waals surface area contributed by atoms with Crippen molar-refractivity contribution in [2.45, 2.75) is 64.9 Å². The third-order valence-electron chi connectivity index (χ3n) is 3.38. The van der Waals surface area contributed by atoms with E-state index in [0.29, 0.717) is 6.42 Å². The van der Waals surface area contributed by atoms with Gasteiger partial charge in [-0.3, -0.25) is 4.79 Å². The topological polar surface area (TPSA) is 52.6 Å². The minimum absolute atomic E-state index is 0.232. The highest BCUT2D eigenvalue weighted by Gasteiger charge is 2.15. The first-order chi connectivity index (χ1) is 11.1. The molecule has 0 aromatic heterocycles. The number of carbonyl (C=O) groups excluding carboxylic acids is 2. The lowest BCUT2D eigenvalue weighted by Crippen LogP contribution is -2.20. The van der Waals surface area contributed by atoms with E-state index in [2.05, 4.69) is 0 Å². The van der Waals surface area contributed by atoms with Crippen LogP contribution in [0.5, 0.6) is 5.75 Å². The molecule has 0 spiro atoms. The van der Waals surface area contributed by atoms with E-state index in [1.54, 1.807) is 13.8 Å². The summed E-state index contributed by atoms with van der Waals surface area (Å²) < 4.78 is 10.5. The quantitative estimate of drug-likeness (QED) is 0.327. The summed E-state index contributed by atoms with van der Waals surface area (Å²) in [5, 5.41) is 0. The van der Waals surface area contributed by atoms with Gasteiger partial charge in [-0.15, -0.1) is 0 Å². The molecule has 0 saturated carbocycles. The van der Waals surface area contributed by atoms with E-state index in [0.717, 1.165) is 50.9 Å². The fourth-order valence-electron chi connectivity index (χ4n) is 2.18. The zero-order valence-electron chi connectivity index (χ0n) is 14.3. The van der Waals surface area contributed by atoms with Gasteiger partial charge in [-0.05, 0) is 38.8 Å². The minimum atomic E-state index is -0.696. The maximum Gasteiger partial charge on any atom is 0.374 e. The van der Waals surface area contributed by atoms with E-state index in [9.17, 15) is 9.59 Å². The highest BCUT2D eigenvalue weighted by Crippen LogP contribution is 2.11. The number of Topliss-reactive ketones (excluding diaryl/α,β-unsaturated/α-hetero) is 1. The number of carbonyl (C=O) groups is 2. The normalized spacial score (nSPS) is 10.6. The van der Waals surface area contributed by atoms with Crippen LogP contribution in [-0.2, 0) is 14.3 Å². The Kier molecular flexibility index (Phi) is 9.76. The van der Waals surface area contributed by atoms with Crippen molar-refractivity contribution < 1.29 is 19.1 Å². The van der Waals surface area contributed by atoms with Crippen molar-refractivity contribution in [3.05, 3.63) is 30.3 Å². The van der Waals surface area contributed by atoms with Crippen molar-refractivity contribution in [3.8, 4) is 5.75 Å². The van der Waals surface area contributed by atoms with Gasteiger partial charge in [0.25, 0.3) is 0 Å². The van der Waals surface area contributed by atoms with E-state index in [1.165, 1.54) is 0 Å². The predicted molar refractivity (Wildman–Crippen MR) is 90.5 cm³/mol. The molecule has 4 nitrogen and oxygen atoms in total. The Morgan fingerprint density at radius 1 is 0.913 bits per heavy atom. The van der Waals surface area contributed by atoms with Crippen LogP contribution in [-0.4, -0.2) is 24.5 Å². The molecule has 0 heterocycles. The van der Waals surface area contributed by atoms with Crippen molar-refractivity contribution in [2.24, 2.45) is 0 Å². The second-order valence-corrected chi connectivity index (χ2v) is 5.91. The number of unbranched alkanes of at least 4 members (excludes halogenated alkanes) is 5. The third kappa shape index (κ3) is 9.72. The van der Waals surface area contributed by atoms with Gasteiger partial charge >= 0.3 is 5.97 Å². The first-order valence-electron chi connectivity index (χ1n) is 8.51. The van der Waals surface area contributed by atoms with E-state index in [4.69, 9.17) is 9.47 Å². The smallest absolute Gasteiger partial charge is 0.374 e. The fraction of sp³-hybridized carbons (Fsp3) is 0.579. The molecular formula is C19H28O4. The van der Waals surface area contributed by atoms with Gasteiger partial charge in [-0.25, -0.2) is 4.79 Å². The maximum absolute atomic E-state index is 11.5. The molecule has 0 N–H and O–H groups in total. The zero-order valence-corrected chi connectivity index (χ0v) is 14.3. The Balaban J connectivity index is 1.91. The summed E-state index contributed by atoms with van der Waals surface area (Å²) in [6.45, 7) is 4.23. The number of ketones is 1. The number of hydrogen-bond acceptors (Lipinski definition) is 4. The maximum atomic E-state index is 11.5. The monoisotopic (exact) mass is 320 g/mol. The second kappa shape index (κ2) is 11.7. The summed E-state index contributed by atoms with van der Waals surface area (Å²) in [4.78, 5) is 22.8. The molecule has 128 valence electrons. The number of ether oxygens (including phenoxy) is 2. The molecule has 0 amide bonds. The molecule has 0 aliphatic carbocycles. The van der Waals surface area contributed by atoms with Crippen LogP contribution in [0.15, 0.2) is 30.3 Å². The minimum Gasteiger partial charge on any atom is -0.494 e. The van der Waals surface area contributed by atoms with Gasteiger partial charge in [0.05, 0.1) is 12.7 Å². The molecule has 0 aliphatic rings. The molecule has 0 atom stereocenters. The van der Waals surface area contributed by atoms with Crippen LogP contribution in [0.4, 0.5) is 0 Å². The third-order valence-corrected chi connectivity index (χ3v) is 3.38. The molecular weight excluding hydrogens is 292 g/mol. The van der Waals surface area contributed by atoms with Crippen LogP contribution in [0.25, 0.3) is 0 Å². The summed E-state index contributed by atoms with van der Waals surface area (Å²) in [5.74, 6) is -0.188. The predicted octanol–water partition coefficient (Wildman–Crippen LogP) is 4.32. The van der Waals surface area contributed by atoms with Crippen LogP contribution in [0.1, 0.15) is 58.8 Å². The first-order valence-corrected chi connectivity index (χ1v) is 8.51.